The molecule has 2 aromatic heterocycles. The van der Waals surface area contributed by atoms with Crippen LogP contribution in [0.1, 0.15) is 62.3 Å². The molecule has 2 fully saturated rings. The number of halogens is 1. The Hall–Kier alpha value is -1.49. The topological polar surface area (TPSA) is 47.0 Å². The molecule has 3 unspecified atom stereocenters. The number of aryl methyl sites for hydroxylation is 1. The van der Waals surface area contributed by atoms with Crippen LogP contribution in [0.3, 0.4) is 0 Å². The zero-order valence-corrected chi connectivity index (χ0v) is 18.1. The molecule has 1 saturated heterocycles. The monoisotopic (exact) mass is 413 g/mol. The van der Waals surface area contributed by atoms with Gasteiger partial charge in [0.25, 0.3) is 0 Å². The molecule has 4 nitrogen and oxygen atoms in total. The molecule has 5 heteroatoms. The van der Waals surface area contributed by atoms with Crippen LogP contribution in [0.25, 0.3) is 0 Å². The molecule has 0 amide bonds. The van der Waals surface area contributed by atoms with Crippen LogP contribution < -0.4 is 5.32 Å². The second kappa shape index (κ2) is 9.55. The summed E-state index contributed by atoms with van der Waals surface area (Å²) in [7, 11) is 0. The Morgan fingerprint density at radius 2 is 2.21 bits per heavy atom. The molecule has 1 N–H and O–H groups in total. The molecule has 0 spiro atoms. The summed E-state index contributed by atoms with van der Waals surface area (Å²) in [5.41, 5.74) is 3.65. The van der Waals surface area contributed by atoms with Crippen molar-refractivity contribution in [2.75, 3.05) is 13.2 Å². The van der Waals surface area contributed by atoms with Crippen molar-refractivity contribution in [3.05, 3.63) is 58.6 Å². The Kier molecular flexibility index (Phi) is 6.84. The van der Waals surface area contributed by atoms with Gasteiger partial charge in [-0.3, -0.25) is 4.98 Å². The fraction of sp³-hybridized carbons (Fsp3) is 0.583. The SMILES string of the molecule is CCc1cc(CNCCC2(c3ccccn3)CCOC3CCCC3C2)cnc1Cl. The minimum atomic E-state index is 0.102. The smallest absolute Gasteiger partial charge is 0.132 e. The first-order valence-corrected chi connectivity index (χ1v) is 11.4. The lowest BCUT2D eigenvalue weighted by molar-refractivity contribution is 0.0409. The number of fused-ring (bicyclic) bond motifs is 1. The van der Waals surface area contributed by atoms with Crippen molar-refractivity contribution in [3.63, 3.8) is 0 Å². The standard InChI is InChI=1S/C24H32ClN3O/c1-2-19-14-18(17-28-23(19)25)16-26-12-9-24(22-8-3-4-11-27-22)10-13-29-21-7-5-6-20(21)15-24/h3-4,8,11,14,17,20-21,26H,2,5-7,9-10,12-13,15-16H2,1H3. The third-order valence-corrected chi connectivity index (χ3v) is 7.16. The minimum Gasteiger partial charge on any atom is -0.378 e. The highest BCUT2D eigenvalue weighted by atomic mass is 35.5. The van der Waals surface area contributed by atoms with E-state index in [-0.39, 0.29) is 5.41 Å². The van der Waals surface area contributed by atoms with Gasteiger partial charge in [0.15, 0.2) is 0 Å². The summed E-state index contributed by atoms with van der Waals surface area (Å²) in [6, 6.07) is 8.52. The predicted molar refractivity (Wildman–Crippen MR) is 117 cm³/mol. The Morgan fingerprint density at radius 1 is 1.28 bits per heavy atom. The molecule has 0 aromatic carbocycles. The zero-order valence-electron chi connectivity index (χ0n) is 17.4. The van der Waals surface area contributed by atoms with E-state index in [1.807, 2.05) is 18.5 Å². The van der Waals surface area contributed by atoms with Gasteiger partial charge in [-0.15, -0.1) is 0 Å². The Labute approximate surface area is 179 Å². The summed E-state index contributed by atoms with van der Waals surface area (Å²) < 4.78 is 6.25. The summed E-state index contributed by atoms with van der Waals surface area (Å²) in [5, 5.41) is 4.26. The van der Waals surface area contributed by atoms with Crippen molar-refractivity contribution < 1.29 is 4.74 Å². The average molecular weight is 414 g/mol. The molecule has 2 aliphatic rings. The second-order valence-electron chi connectivity index (χ2n) is 8.62. The molecule has 2 aromatic rings. The molecule has 0 bridgehead atoms. The van der Waals surface area contributed by atoms with Crippen molar-refractivity contribution in [3.8, 4) is 0 Å². The highest BCUT2D eigenvalue weighted by Crippen LogP contribution is 2.45. The summed E-state index contributed by atoms with van der Waals surface area (Å²) >= 11 is 6.15. The molecule has 4 rings (SSSR count). The normalized spacial score (nSPS) is 26.8. The number of nitrogens with one attached hydrogen (secondary N) is 1. The van der Waals surface area contributed by atoms with Gasteiger partial charge in [0, 0.05) is 36.7 Å². The molecule has 1 saturated carbocycles. The Morgan fingerprint density at radius 3 is 3.03 bits per heavy atom. The molecule has 0 radical (unpaired) electrons. The summed E-state index contributed by atoms with van der Waals surface area (Å²) in [6.45, 7) is 4.73. The van der Waals surface area contributed by atoms with Crippen LogP contribution >= 0.6 is 11.6 Å². The number of nitrogens with zero attached hydrogens (tertiary/aromatic N) is 2. The first kappa shape index (κ1) is 20.8. The average Bonchev–Trinajstić information content (AvgIpc) is 3.11. The third-order valence-electron chi connectivity index (χ3n) is 6.82. The lowest BCUT2D eigenvalue weighted by Crippen LogP contribution is -2.34. The van der Waals surface area contributed by atoms with E-state index in [1.54, 1.807) is 0 Å². The van der Waals surface area contributed by atoms with Crippen molar-refractivity contribution in [1.82, 2.24) is 15.3 Å². The maximum Gasteiger partial charge on any atom is 0.132 e. The Balaban J connectivity index is 1.44. The second-order valence-corrected chi connectivity index (χ2v) is 8.98. The van der Waals surface area contributed by atoms with E-state index in [0.29, 0.717) is 17.2 Å². The molecular weight excluding hydrogens is 382 g/mol. The number of hydrogen-bond acceptors (Lipinski definition) is 4. The molecule has 3 heterocycles. The maximum atomic E-state index is 6.25. The fourth-order valence-electron chi connectivity index (χ4n) is 5.18. The van der Waals surface area contributed by atoms with Crippen LogP contribution in [0.15, 0.2) is 36.7 Å². The van der Waals surface area contributed by atoms with E-state index in [2.05, 4.69) is 35.4 Å². The molecule has 3 atom stereocenters. The number of pyridine rings is 2. The van der Waals surface area contributed by atoms with Crippen LogP contribution in [0.2, 0.25) is 5.15 Å². The van der Waals surface area contributed by atoms with E-state index in [4.69, 9.17) is 21.3 Å². The number of ether oxygens (including phenoxy) is 1. The van der Waals surface area contributed by atoms with Crippen LogP contribution in [0.5, 0.6) is 0 Å². The fourth-order valence-corrected chi connectivity index (χ4v) is 5.41. The molecule has 1 aliphatic carbocycles. The lowest BCUT2D eigenvalue weighted by atomic mass is 9.71. The van der Waals surface area contributed by atoms with Crippen molar-refractivity contribution in [1.29, 1.82) is 0 Å². The van der Waals surface area contributed by atoms with Gasteiger partial charge in [0.05, 0.1) is 6.10 Å². The van der Waals surface area contributed by atoms with Gasteiger partial charge in [-0.25, -0.2) is 4.98 Å². The molecule has 29 heavy (non-hydrogen) atoms. The zero-order chi connectivity index (χ0) is 20.1. The van der Waals surface area contributed by atoms with E-state index >= 15 is 0 Å². The van der Waals surface area contributed by atoms with Crippen LogP contribution in [0, 0.1) is 5.92 Å². The van der Waals surface area contributed by atoms with Gasteiger partial charge in [-0.05, 0) is 80.3 Å². The number of rotatable bonds is 7. The first-order valence-electron chi connectivity index (χ1n) is 11.1. The molecule has 156 valence electrons. The number of aromatic nitrogens is 2. The van der Waals surface area contributed by atoms with Crippen LogP contribution in [-0.4, -0.2) is 29.2 Å². The lowest BCUT2D eigenvalue weighted by Gasteiger charge is -2.34. The summed E-state index contributed by atoms with van der Waals surface area (Å²) in [4.78, 5) is 9.12. The van der Waals surface area contributed by atoms with Gasteiger partial charge in [-0.1, -0.05) is 31.0 Å². The third kappa shape index (κ3) is 4.82. The van der Waals surface area contributed by atoms with Crippen LogP contribution in [-0.2, 0) is 23.1 Å². The van der Waals surface area contributed by atoms with Gasteiger partial charge in [-0.2, -0.15) is 0 Å². The van der Waals surface area contributed by atoms with E-state index < -0.39 is 0 Å². The first-order chi connectivity index (χ1) is 14.2. The van der Waals surface area contributed by atoms with Crippen molar-refractivity contribution in [2.24, 2.45) is 5.92 Å². The Bertz CT molecular complexity index is 800. The minimum absolute atomic E-state index is 0.102. The van der Waals surface area contributed by atoms with Crippen molar-refractivity contribution in [2.45, 2.75) is 69.9 Å². The van der Waals surface area contributed by atoms with Crippen molar-refractivity contribution >= 4 is 11.6 Å². The van der Waals surface area contributed by atoms with E-state index in [0.717, 1.165) is 44.5 Å². The van der Waals surface area contributed by atoms with Gasteiger partial charge in [0.1, 0.15) is 5.15 Å². The van der Waals surface area contributed by atoms with E-state index in [1.165, 1.54) is 36.9 Å². The quantitative estimate of drug-likeness (QED) is 0.507. The maximum absolute atomic E-state index is 6.25. The largest absolute Gasteiger partial charge is 0.378 e. The highest BCUT2D eigenvalue weighted by molar-refractivity contribution is 6.30. The van der Waals surface area contributed by atoms with E-state index in [9.17, 15) is 0 Å². The van der Waals surface area contributed by atoms with Gasteiger partial charge < -0.3 is 10.1 Å². The van der Waals surface area contributed by atoms with Gasteiger partial charge in [0.2, 0.25) is 0 Å². The predicted octanol–water partition coefficient (Wildman–Crippen LogP) is 5.09. The van der Waals surface area contributed by atoms with Crippen LogP contribution in [0.4, 0.5) is 0 Å². The summed E-state index contributed by atoms with van der Waals surface area (Å²) in [6.07, 6.45) is 12.3. The van der Waals surface area contributed by atoms with Gasteiger partial charge >= 0.3 is 0 Å². The molecular formula is C24H32ClN3O. The summed E-state index contributed by atoms with van der Waals surface area (Å²) in [5.74, 6) is 0.673. The number of hydrogen-bond donors (Lipinski definition) is 1. The highest BCUT2D eigenvalue weighted by Gasteiger charge is 2.42. The molecule has 1 aliphatic heterocycles.